The molecular weight excluding hydrogens is 244 g/mol. The number of hydrogen-bond donors (Lipinski definition) is 2. The maximum absolute atomic E-state index is 11.7. The summed E-state index contributed by atoms with van der Waals surface area (Å²) in [5.74, 6) is 0.496. The molecule has 0 fully saturated rings. The van der Waals surface area contributed by atoms with Gasteiger partial charge in [-0.3, -0.25) is 4.79 Å². The maximum atomic E-state index is 11.7. The quantitative estimate of drug-likeness (QED) is 0.738. The van der Waals surface area contributed by atoms with Crippen molar-refractivity contribution < 1.29 is 14.3 Å². The molecule has 0 radical (unpaired) electrons. The number of benzene rings is 1. The number of amides is 1. The van der Waals surface area contributed by atoms with Crippen LogP contribution < -0.4 is 15.8 Å². The maximum Gasteiger partial charge on any atom is 0.258 e. The molecule has 1 unspecified atom stereocenters. The highest BCUT2D eigenvalue weighted by Crippen LogP contribution is 2.16. The van der Waals surface area contributed by atoms with Gasteiger partial charge < -0.3 is 20.5 Å². The van der Waals surface area contributed by atoms with Gasteiger partial charge in [0.15, 0.2) is 6.61 Å². The standard InChI is InChI=1S/C14H22N2O3/c1-3-12(9-18-2)16-14(17)10-19-13-7-5-4-6-11(13)8-15/h4-7,12H,3,8-10,15H2,1-2H3,(H,16,17). The van der Waals surface area contributed by atoms with E-state index in [0.717, 1.165) is 12.0 Å². The smallest absolute Gasteiger partial charge is 0.258 e. The number of carbonyl (C=O) groups is 1. The van der Waals surface area contributed by atoms with Crippen molar-refractivity contribution in [2.24, 2.45) is 5.73 Å². The molecule has 0 saturated carbocycles. The van der Waals surface area contributed by atoms with E-state index in [-0.39, 0.29) is 18.6 Å². The Morgan fingerprint density at radius 2 is 2.16 bits per heavy atom. The Bertz CT molecular complexity index is 396. The summed E-state index contributed by atoms with van der Waals surface area (Å²) < 4.78 is 10.5. The Hall–Kier alpha value is -1.59. The number of rotatable bonds is 8. The largest absolute Gasteiger partial charge is 0.483 e. The van der Waals surface area contributed by atoms with E-state index >= 15 is 0 Å². The molecule has 0 saturated heterocycles. The predicted octanol–water partition coefficient (Wildman–Crippen LogP) is 1.07. The van der Waals surface area contributed by atoms with E-state index in [1.165, 1.54) is 0 Å². The van der Waals surface area contributed by atoms with Crippen LogP contribution in [-0.4, -0.2) is 32.3 Å². The highest BCUT2D eigenvalue weighted by Gasteiger charge is 2.11. The molecule has 1 aromatic rings. The first-order chi connectivity index (χ1) is 9.21. The van der Waals surface area contributed by atoms with E-state index < -0.39 is 0 Å². The van der Waals surface area contributed by atoms with Crippen LogP contribution in [-0.2, 0) is 16.1 Å². The van der Waals surface area contributed by atoms with Gasteiger partial charge in [-0.25, -0.2) is 0 Å². The zero-order valence-corrected chi connectivity index (χ0v) is 11.5. The van der Waals surface area contributed by atoms with E-state index in [2.05, 4.69) is 5.32 Å². The van der Waals surface area contributed by atoms with E-state index in [1.54, 1.807) is 7.11 Å². The van der Waals surface area contributed by atoms with Gasteiger partial charge in [0.25, 0.3) is 5.91 Å². The molecule has 1 aromatic carbocycles. The second kappa shape index (κ2) is 8.50. The van der Waals surface area contributed by atoms with Crippen molar-refractivity contribution in [1.29, 1.82) is 0 Å². The van der Waals surface area contributed by atoms with Gasteiger partial charge in [0, 0.05) is 19.2 Å². The lowest BCUT2D eigenvalue weighted by Crippen LogP contribution is -2.40. The molecule has 0 heterocycles. The van der Waals surface area contributed by atoms with Crippen molar-refractivity contribution in [3.63, 3.8) is 0 Å². The Labute approximate surface area is 114 Å². The number of methoxy groups -OCH3 is 1. The fourth-order valence-corrected chi connectivity index (χ4v) is 1.69. The van der Waals surface area contributed by atoms with E-state index in [1.807, 2.05) is 31.2 Å². The van der Waals surface area contributed by atoms with Crippen LogP contribution in [0.3, 0.4) is 0 Å². The van der Waals surface area contributed by atoms with E-state index in [0.29, 0.717) is 18.9 Å². The predicted molar refractivity (Wildman–Crippen MR) is 73.9 cm³/mol. The van der Waals surface area contributed by atoms with Gasteiger partial charge in [-0.1, -0.05) is 25.1 Å². The first kappa shape index (κ1) is 15.5. The van der Waals surface area contributed by atoms with Crippen LogP contribution in [0.2, 0.25) is 0 Å². The molecule has 3 N–H and O–H groups in total. The third-order valence-corrected chi connectivity index (χ3v) is 2.78. The number of ether oxygens (including phenoxy) is 2. The van der Waals surface area contributed by atoms with Crippen LogP contribution >= 0.6 is 0 Å². The third-order valence-electron chi connectivity index (χ3n) is 2.78. The highest BCUT2D eigenvalue weighted by atomic mass is 16.5. The molecule has 5 nitrogen and oxygen atoms in total. The average molecular weight is 266 g/mol. The zero-order chi connectivity index (χ0) is 14.1. The van der Waals surface area contributed by atoms with Crippen LogP contribution in [0, 0.1) is 0 Å². The van der Waals surface area contributed by atoms with Gasteiger partial charge in [0.2, 0.25) is 0 Å². The summed E-state index contributed by atoms with van der Waals surface area (Å²) in [4.78, 5) is 11.7. The minimum Gasteiger partial charge on any atom is -0.483 e. The second-order valence-corrected chi connectivity index (χ2v) is 4.23. The Morgan fingerprint density at radius 3 is 2.79 bits per heavy atom. The van der Waals surface area contributed by atoms with Crippen LogP contribution in [0.5, 0.6) is 5.75 Å². The first-order valence-corrected chi connectivity index (χ1v) is 6.40. The minimum atomic E-state index is -0.157. The van der Waals surface area contributed by atoms with E-state index in [4.69, 9.17) is 15.2 Å². The van der Waals surface area contributed by atoms with Gasteiger partial charge in [-0.15, -0.1) is 0 Å². The molecule has 19 heavy (non-hydrogen) atoms. The molecule has 106 valence electrons. The Kier molecular flexibility index (Phi) is 6.92. The molecule has 1 amide bonds. The SMILES string of the molecule is CCC(COC)NC(=O)COc1ccccc1CN. The fourth-order valence-electron chi connectivity index (χ4n) is 1.69. The fraction of sp³-hybridized carbons (Fsp3) is 0.500. The summed E-state index contributed by atoms with van der Waals surface area (Å²) in [6, 6.07) is 7.45. The summed E-state index contributed by atoms with van der Waals surface area (Å²) in [6.07, 6.45) is 0.818. The lowest BCUT2D eigenvalue weighted by Gasteiger charge is -2.16. The number of hydrogen-bond acceptors (Lipinski definition) is 4. The van der Waals surface area contributed by atoms with Crippen LogP contribution in [0.25, 0.3) is 0 Å². The third kappa shape index (κ3) is 5.28. The van der Waals surface area contributed by atoms with Crippen molar-refractivity contribution >= 4 is 5.91 Å². The lowest BCUT2D eigenvalue weighted by atomic mass is 10.2. The molecular formula is C14H22N2O3. The van der Waals surface area contributed by atoms with Crippen molar-refractivity contribution in [3.8, 4) is 5.75 Å². The lowest BCUT2D eigenvalue weighted by molar-refractivity contribution is -0.124. The van der Waals surface area contributed by atoms with Crippen LogP contribution in [0.1, 0.15) is 18.9 Å². The summed E-state index contributed by atoms with van der Waals surface area (Å²) in [5, 5.41) is 2.86. The average Bonchev–Trinajstić information content (AvgIpc) is 2.44. The van der Waals surface area contributed by atoms with Gasteiger partial charge in [-0.05, 0) is 12.5 Å². The summed E-state index contributed by atoms with van der Waals surface area (Å²) >= 11 is 0. The van der Waals surface area contributed by atoms with Crippen molar-refractivity contribution in [2.45, 2.75) is 25.9 Å². The first-order valence-electron chi connectivity index (χ1n) is 6.40. The molecule has 1 atom stereocenters. The molecule has 0 bridgehead atoms. The molecule has 0 aliphatic heterocycles. The topological polar surface area (TPSA) is 73.6 Å². The van der Waals surface area contributed by atoms with Crippen LogP contribution in [0.15, 0.2) is 24.3 Å². The summed E-state index contributed by atoms with van der Waals surface area (Å²) in [6.45, 7) is 2.87. The zero-order valence-electron chi connectivity index (χ0n) is 11.5. The van der Waals surface area contributed by atoms with Gasteiger partial charge in [0.05, 0.1) is 12.6 Å². The molecule has 0 aliphatic rings. The number of nitrogens with two attached hydrogens (primary N) is 1. The molecule has 0 spiro atoms. The molecule has 1 rings (SSSR count). The summed E-state index contributed by atoms with van der Waals surface area (Å²) in [7, 11) is 1.61. The number of carbonyl (C=O) groups excluding carboxylic acids is 1. The van der Waals surface area contributed by atoms with Crippen molar-refractivity contribution in [1.82, 2.24) is 5.32 Å². The highest BCUT2D eigenvalue weighted by molar-refractivity contribution is 5.77. The summed E-state index contributed by atoms with van der Waals surface area (Å²) in [5.41, 5.74) is 6.49. The van der Waals surface area contributed by atoms with Gasteiger partial charge in [0.1, 0.15) is 5.75 Å². The van der Waals surface area contributed by atoms with Crippen LogP contribution in [0.4, 0.5) is 0 Å². The minimum absolute atomic E-state index is 0.0166. The van der Waals surface area contributed by atoms with Gasteiger partial charge >= 0.3 is 0 Å². The number of nitrogens with one attached hydrogen (secondary N) is 1. The molecule has 0 aromatic heterocycles. The second-order valence-electron chi connectivity index (χ2n) is 4.23. The van der Waals surface area contributed by atoms with Crippen molar-refractivity contribution in [2.75, 3.05) is 20.3 Å². The normalized spacial score (nSPS) is 11.9. The van der Waals surface area contributed by atoms with Crippen molar-refractivity contribution in [3.05, 3.63) is 29.8 Å². The monoisotopic (exact) mass is 266 g/mol. The molecule has 5 heteroatoms. The van der Waals surface area contributed by atoms with Gasteiger partial charge in [-0.2, -0.15) is 0 Å². The molecule has 0 aliphatic carbocycles. The number of para-hydroxylation sites is 1. The Balaban J connectivity index is 2.45. The Morgan fingerprint density at radius 1 is 1.42 bits per heavy atom. The van der Waals surface area contributed by atoms with E-state index in [9.17, 15) is 4.79 Å².